The van der Waals surface area contributed by atoms with Crippen molar-refractivity contribution < 1.29 is 32.3 Å². The fourth-order valence-electron chi connectivity index (χ4n) is 3.85. The van der Waals surface area contributed by atoms with Crippen LogP contribution in [0.5, 0.6) is 5.75 Å². The summed E-state index contributed by atoms with van der Waals surface area (Å²) >= 11 is 0. The lowest BCUT2D eigenvalue weighted by Crippen LogP contribution is -2.46. The molecule has 4 amide bonds. The Kier molecular flexibility index (Phi) is 5.96. The molecule has 0 radical (unpaired) electrons. The average molecular weight is 427 g/mol. The van der Waals surface area contributed by atoms with Crippen molar-refractivity contribution in [3.63, 3.8) is 0 Å². The molecule has 2 aliphatic rings. The average Bonchev–Trinajstić information content (AvgIpc) is 2.87. The SMILES string of the molecule is CC1CCC(NC(=O)CN2C(=O)NC(C)(c3ccc(OC(F)(F)F)cc3)C2=O)CC1. The van der Waals surface area contributed by atoms with Crippen molar-refractivity contribution in [1.29, 1.82) is 0 Å². The largest absolute Gasteiger partial charge is 0.573 e. The molecule has 30 heavy (non-hydrogen) atoms. The molecule has 7 nitrogen and oxygen atoms in total. The lowest BCUT2D eigenvalue weighted by Gasteiger charge is -2.27. The number of nitrogens with zero attached hydrogens (tertiary/aromatic N) is 1. The van der Waals surface area contributed by atoms with Gasteiger partial charge in [0, 0.05) is 6.04 Å². The van der Waals surface area contributed by atoms with Gasteiger partial charge in [0.15, 0.2) is 0 Å². The quantitative estimate of drug-likeness (QED) is 0.707. The van der Waals surface area contributed by atoms with E-state index in [0.29, 0.717) is 5.92 Å². The zero-order valence-corrected chi connectivity index (χ0v) is 16.7. The van der Waals surface area contributed by atoms with Gasteiger partial charge in [-0.25, -0.2) is 4.79 Å². The number of halogens is 3. The molecule has 0 aromatic heterocycles. The van der Waals surface area contributed by atoms with Crippen LogP contribution in [0.4, 0.5) is 18.0 Å². The third-order valence-electron chi connectivity index (χ3n) is 5.62. The van der Waals surface area contributed by atoms with Crippen molar-refractivity contribution >= 4 is 17.8 Å². The lowest BCUT2D eigenvalue weighted by atomic mass is 9.87. The van der Waals surface area contributed by atoms with Gasteiger partial charge in [-0.15, -0.1) is 13.2 Å². The molecule has 1 heterocycles. The minimum atomic E-state index is -4.83. The first-order valence-electron chi connectivity index (χ1n) is 9.77. The summed E-state index contributed by atoms with van der Waals surface area (Å²) in [5.41, 5.74) is -1.21. The summed E-state index contributed by atoms with van der Waals surface area (Å²) in [5.74, 6) is -0.886. The van der Waals surface area contributed by atoms with E-state index in [2.05, 4.69) is 22.3 Å². The molecule has 1 atom stereocenters. The number of amides is 4. The highest BCUT2D eigenvalue weighted by atomic mass is 19.4. The number of hydrogen-bond donors (Lipinski definition) is 2. The van der Waals surface area contributed by atoms with Crippen LogP contribution in [-0.4, -0.2) is 41.7 Å². The van der Waals surface area contributed by atoms with Crippen molar-refractivity contribution in [2.45, 2.75) is 57.5 Å². The topological polar surface area (TPSA) is 87.7 Å². The summed E-state index contributed by atoms with van der Waals surface area (Å²) in [6.07, 6.45) is -1.09. The van der Waals surface area contributed by atoms with Crippen molar-refractivity contribution in [3.05, 3.63) is 29.8 Å². The molecule has 3 rings (SSSR count). The van der Waals surface area contributed by atoms with Gasteiger partial charge in [0.1, 0.15) is 17.8 Å². The molecule has 1 aliphatic heterocycles. The number of carbonyl (C=O) groups is 3. The van der Waals surface area contributed by atoms with E-state index >= 15 is 0 Å². The van der Waals surface area contributed by atoms with E-state index in [1.165, 1.54) is 19.1 Å². The van der Waals surface area contributed by atoms with Gasteiger partial charge in [-0.2, -0.15) is 0 Å². The Labute approximate surface area is 171 Å². The Bertz CT molecular complexity index is 820. The summed E-state index contributed by atoms with van der Waals surface area (Å²) in [4.78, 5) is 38.4. The first kappa shape index (κ1) is 21.9. The highest BCUT2D eigenvalue weighted by molar-refractivity contribution is 6.09. The normalized spacial score (nSPS) is 27.0. The number of hydrogen-bond acceptors (Lipinski definition) is 4. The first-order chi connectivity index (χ1) is 14.0. The van der Waals surface area contributed by atoms with E-state index in [-0.39, 0.29) is 11.6 Å². The summed E-state index contributed by atoms with van der Waals surface area (Å²) in [7, 11) is 0. The second-order valence-electron chi connectivity index (χ2n) is 8.04. The van der Waals surface area contributed by atoms with Crippen LogP contribution in [0.1, 0.15) is 45.1 Å². The minimum Gasteiger partial charge on any atom is -0.406 e. The molecule has 10 heteroatoms. The van der Waals surface area contributed by atoms with Gasteiger partial charge in [0.25, 0.3) is 5.91 Å². The standard InChI is InChI=1S/C20H24F3N3O4/c1-12-3-7-14(8-4-12)24-16(27)11-26-17(28)19(2,25-18(26)29)13-5-9-15(10-6-13)30-20(21,22)23/h5-6,9-10,12,14H,3-4,7-8,11H2,1-2H3,(H,24,27)(H,25,29). The van der Waals surface area contributed by atoms with Crippen LogP contribution >= 0.6 is 0 Å². The van der Waals surface area contributed by atoms with E-state index in [1.807, 2.05) is 0 Å². The Balaban J connectivity index is 1.65. The third kappa shape index (κ3) is 4.85. The summed E-state index contributed by atoms with van der Waals surface area (Å²) in [6, 6.07) is 3.96. The van der Waals surface area contributed by atoms with Crippen LogP contribution in [0.15, 0.2) is 24.3 Å². The number of urea groups is 1. The second-order valence-corrected chi connectivity index (χ2v) is 8.04. The number of rotatable bonds is 5. The van der Waals surface area contributed by atoms with E-state index in [4.69, 9.17) is 0 Å². The van der Waals surface area contributed by atoms with Crippen LogP contribution in [0, 0.1) is 5.92 Å². The predicted molar refractivity (Wildman–Crippen MR) is 100 cm³/mol. The molecule has 1 aliphatic carbocycles. The summed E-state index contributed by atoms with van der Waals surface area (Å²) in [5, 5.41) is 5.39. The lowest BCUT2D eigenvalue weighted by molar-refractivity contribution is -0.274. The van der Waals surface area contributed by atoms with Crippen LogP contribution in [0.3, 0.4) is 0 Å². The zero-order valence-electron chi connectivity index (χ0n) is 16.7. The van der Waals surface area contributed by atoms with Gasteiger partial charge >= 0.3 is 12.4 Å². The van der Waals surface area contributed by atoms with Gasteiger partial charge in [-0.05, 0) is 56.2 Å². The Hall–Kier alpha value is -2.78. The van der Waals surface area contributed by atoms with Crippen LogP contribution in [0.2, 0.25) is 0 Å². The molecule has 1 saturated heterocycles. The molecule has 1 unspecified atom stereocenters. The molecule has 0 spiro atoms. The van der Waals surface area contributed by atoms with E-state index in [9.17, 15) is 27.6 Å². The van der Waals surface area contributed by atoms with Gasteiger partial charge < -0.3 is 15.4 Å². The maximum absolute atomic E-state index is 12.9. The molecular weight excluding hydrogens is 403 g/mol. The fraction of sp³-hybridized carbons (Fsp3) is 0.550. The number of nitrogens with one attached hydrogen (secondary N) is 2. The molecular formula is C20H24F3N3O4. The van der Waals surface area contributed by atoms with E-state index < -0.39 is 42.0 Å². The Morgan fingerprint density at radius 1 is 1.20 bits per heavy atom. The highest BCUT2D eigenvalue weighted by Gasteiger charge is 2.49. The molecule has 1 saturated carbocycles. The predicted octanol–water partition coefficient (Wildman–Crippen LogP) is 3.05. The number of alkyl halides is 3. The van der Waals surface area contributed by atoms with Gasteiger partial charge in [-0.1, -0.05) is 19.1 Å². The van der Waals surface area contributed by atoms with Crippen LogP contribution in [-0.2, 0) is 15.1 Å². The fourth-order valence-corrected chi connectivity index (χ4v) is 3.85. The summed E-state index contributed by atoms with van der Waals surface area (Å²) in [6.45, 7) is 3.18. The Morgan fingerprint density at radius 3 is 2.37 bits per heavy atom. The maximum Gasteiger partial charge on any atom is 0.573 e. The molecule has 2 N–H and O–H groups in total. The summed E-state index contributed by atoms with van der Waals surface area (Å²) < 4.78 is 40.8. The number of imide groups is 1. The van der Waals surface area contributed by atoms with Gasteiger partial charge in [0.05, 0.1) is 0 Å². The van der Waals surface area contributed by atoms with E-state index in [1.54, 1.807) is 0 Å². The minimum absolute atomic E-state index is 0.0297. The second kappa shape index (κ2) is 8.16. The van der Waals surface area contributed by atoms with Gasteiger partial charge in [0.2, 0.25) is 5.91 Å². The number of benzene rings is 1. The molecule has 1 aromatic carbocycles. The van der Waals surface area contributed by atoms with Crippen LogP contribution < -0.4 is 15.4 Å². The van der Waals surface area contributed by atoms with Crippen molar-refractivity contribution in [1.82, 2.24) is 15.5 Å². The van der Waals surface area contributed by atoms with Crippen molar-refractivity contribution in [3.8, 4) is 5.75 Å². The van der Waals surface area contributed by atoms with Gasteiger partial charge in [-0.3, -0.25) is 14.5 Å². The molecule has 0 bridgehead atoms. The number of ether oxygens (including phenoxy) is 1. The third-order valence-corrected chi connectivity index (χ3v) is 5.62. The van der Waals surface area contributed by atoms with E-state index in [0.717, 1.165) is 42.7 Å². The Morgan fingerprint density at radius 2 is 1.80 bits per heavy atom. The highest BCUT2D eigenvalue weighted by Crippen LogP contribution is 2.31. The smallest absolute Gasteiger partial charge is 0.406 e. The first-order valence-corrected chi connectivity index (χ1v) is 9.77. The monoisotopic (exact) mass is 427 g/mol. The van der Waals surface area contributed by atoms with Crippen molar-refractivity contribution in [2.24, 2.45) is 5.92 Å². The van der Waals surface area contributed by atoms with Crippen LogP contribution in [0.25, 0.3) is 0 Å². The maximum atomic E-state index is 12.9. The number of carbonyl (C=O) groups excluding carboxylic acids is 3. The van der Waals surface area contributed by atoms with Crippen molar-refractivity contribution in [2.75, 3.05) is 6.54 Å². The molecule has 1 aromatic rings. The molecule has 164 valence electrons. The zero-order chi connectivity index (χ0) is 22.1. The molecule has 2 fully saturated rings.